The van der Waals surface area contributed by atoms with Crippen LogP contribution in [0.2, 0.25) is 0 Å². The number of carbonyl (C=O) groups is 1. The number of methoxy groups -OCH3 is 1. The van der Waals surface area contributed by atoms with Gasteiger partial charge in [0.25, 0.3) is 0 Å². The fourth-order valence-electron chi connectivity index (χ4n) is 5.59. The molecule has 1 aliphatic rings. The van der Waals surface area contributed by atoms with Crippen LogP contribution in [0, 0.1) is 5.82 Å². The summed E-state index contributed by atoms with van der Waals surface area (Å²) in [4.78, 5) is 14.5. The summed E-state index contributed by atoms with van der Waals surface area (Å²) in [6.07, 6.45) is 0. The zero-order valence-corrected chi connectivity index (χ0v) is 21.0. The molecule has 5 aromatic carbocycles. The number of ether oxygens (including phenoxy) is 1. The first kappa shape index (κ1) is 23.0. The lowest BCUT2D eigenvalue weighted by molar-refractivity contribution is 0.0601. The molecule has 6 rings (SSSR count). The van der Waals surface area contributed by atoms with Crippen LogP contribution in [0.5, 0.6) is 0 Å². The number of halogens is 1. The number of fused-ring (bicyclic) bond motifs is 4. The molecule has 182 valence electrons. The Morgan fingerprint density at radius 2 is 1.46 bits per heavy atom. The van der Waals surface area contributed by atoms with E-state index < -0.39 is 0 Å². The Labute approximate surface area is 215 Å². The number of rotatable bonds is 3. The summed E-state index contributed by atoms with van der Waals surface area (Å²) in [5.74, 6) is -0.581. The van der Waals surface area contributed by atoms with Crippen LogP contribution in [0.25, 0.3) is 21.9 Å². The molecule has 0 fully saturated rings. The first-order valence-corrected chi connectivity index (χ1v) is 12.3. The second-order valence-corrected chi connectivity index (χ2v) is 9.92. The molecule has 1 heterocycles. The molecule has 0 amide bonds. The van der Waals surface area contributed by atoms with E-state index in [0.717, 1.165) is 39.0 Å². The maximum Gasteiger partial charge on any atom is 0.337 e. The zero-order chi connectivity index (χ0) is 25.7. The van der Waals surface area contributed by atoms with Crippen LogP contribution in [-0.4, -0.2) is 13.1 Å². The Hall–Kier alpha value is -4.44. The Balaban J connectivity index is 1.54. The van der Waals surface area contributed by atoms with Crippen LogP contribution in [0.4, 0.5) is 21.5 Å². The highest BCUT2D eigenvalue weighted by Crippen LogP contribution is 2.53. The van der Waals surface area contributed by atoms with Crippen molar-refractivity contribution in [2.45, 2.75) is 19.3 Å². The van der Waals surface area contributed by atoms with Crippen molar-refractivity contribution in [3.63, 3.8) is 0 Å². The van der Waals surface area contributed by atoms with Gasteiger partial charge in [-0.15, -0.1) is 0 Å². The van der Waals surface area contributed by atoms with Gasteiger partial charge < -0.3 is 9.64 Å². The molecular formula is C33H26FNO2. The van der Waals surface area contributed by atoms with Gasteiger partial charge in [0.1, 0.15) is 5.82 Å². The minimum atomic E-state index is -0.341. The molecule has 0 spiro atoms. The summed E-state index contributed by atoms with van der Waals surface area (Å²) >= 11 is 0. The Bertz CT molecular complexity index is 1650. The van der Waals surface area contributed by atoms with Gasteiger partial charge in [0, 0.05) is 11.1 Å². The van der Waals surface area contributed by atoms with E-state index in [1.807, 2.05) is 18.2 Å². The standard InChI is InChI=1S/C33H26FNO2/c1-33(2)28-6-4-5-7-29(28)35(26-16-10-22(11-17-26)21-8-14-25(34)15-9-21)30-19-13-23-20-24(32(36)37-3)12-18-27(23)31(30)33/h4-20H,1-3H3. The van der Waals surface area contributed by atoms with Crippen molar-refractivity contribution in [2.24, 2.45) is 0 Å². The topological polar surface area (TPSA) is 29.5 Å². The maximum atomic E-state index is 13.4. The number of para-hydroxylation sites is 1. The van der Waals surface area contributed by atoms with Crippen LogP contribution in [-0.2, 0) is 10.2 Å². The Morgan fingerprint density at radius 3 is 2.16 bits per heavy atom. The highest BCUT2D eigenvalue weighted by molar-refractivity contribution is 6.01. The number of nitrogens with zero attached hydrogens (tertiary/aromatic N) is 1. The van der Waals surface area contributed by atoms with E-state index in [0.29, 0.717) is 5.56 Å². The molecule has 0 atom stereocenters. The van der Waals surface area contributed by atoms with Crippen molar-refractivity contribution in [1.29, 1.82) is 0 Å². The molecule has 4 heteroatoms. The van der Waals surface area contributed by atoms with Crippen LogP contribution < -0.4 is 4.90 Å². The van der Waals surface area contributed by atoms with Gasteiger partial charge in [0.05, 0.1) is 24.0 Å². The van der Waals surface area contributed by atoms with E-state index in [1.165, 1.54) is 30.4 Å². The first-order valence-electron chi connectivity index (χ1n) is 12.3. The van der Waals surface area contributed by atoms with Crippen molar-refractivity contribution in [3.8, 4) is 11.1 Å². The monoisotopic (exact) mass is 487 g/mol. The third-order valence-electron chi connectivity index (χ3n) is 7.41. The highest BCUT2D eigenvalue weighted by atomic mass is 19.1. The van der Waals surface area contributed by atoms with E-state index in [-0.39, 0.29) is 17.2 Å². The van der Waals surface area contributed by atoms with Gasteiger partial charge in [-0.1, -0.05) is 68.4 Å². The number of carbonyl (C=O) groups excluding carboxylic acids is 1. The molecule has 0 unspecified atom stereocenters. The number of hydrogen-bond donors (Lipinski definition) is 0. The summed E-state index contributed by atoms with van der Waals surface area (Å²) in [5.41, 5.74) is 8.01. The third kappa shape index (κ3) is 3.68. The Morgan fingerprint density at radius 1 is 0.784 bits per heavy atom. The van der Waals surface area contributed by atoms with E-state index in [1.54, 1.807) is 12.1 Å². The van der Waals surface area contributed by atoms with E-state index in [4.69, 9.17) is 4.74 Å². The van der Waals surface area contributed by atoms with Gasteiger partial charge in [-0.2, -0.15) is 0 Å². The SMILES string of the molecule is COC(=O)c1ccc2c3c(ccc2c1)N(c1ccc(-c2ccc(F)cc2)cc1)c1ccccc1C3(C)C. The predicted molar refractivity (Wildman–Crippen MR) is 147 cm³/mol. The molecule has 1 aliphatic heterocycles. The molecule has 0 saturated carbocycles. The molecular weight excluding hydrogens is 461 g/mol. The molecule has 0 radical (unpaired) electrons. The second kappa shape index (κ2) is 8.59. The lowest BCUT2D eigenvalue weighted by Crippen LogP contribution is -2.30. The van der Waals surface area contributed by atoms with Crippen molar-refractivity contribution < 1.29 is 13.9 Å². The van der Waals surface area contributed by atoms with Crippen LogP contribution >= 0.6 is 0 Å². The van der Waals surface area contributed by atoms with Crippen molar-refractivity contribution in [1.82, 2.24) is 0 Å². The van der Waals surface area contributed by atoms with Gasteiger partial charge >= 0.3 is 5.97 Å². The summed E-state index contributed by atoms with van der Waals surface area (Å²) in [6, 6.07) is 33.5. The fourth-order valence-corrected chi connectivity index (χ4v) is 5.59. The smallest absolute Gasteiger partial charge is 0.337 e. The second-order valence-electron chi connectivity index (χ2n) is 9.92. The molecule has 3 nitrogen and oxygen atoms in total. The molecule has 0 N–H and O–H groups in total. The normalized spacial score (nSPS) is 13.7. The molecule has 5 aromatic rings. The van der Waals surface area contributed by atoms with Crippen molar-refractivity contribution in [2.75, 3.05) is 12.0 Å². The van der Waals surface area contributed by atoms with Crippen LogP contribution in [0.15, 0.2) is 103 Å². The average Bonchev–Trinajstić information content (AvgIpc) is 2.93. The molecule has 0 aromatic heterocycles. The van der Waals surface area contributed by atoms with E-state index >= 15 is 0 Å². The average molecular weight is 488 g/mol. The molecule has 0 bridgehead atoms. The van der Waals surface area contributed by atoms with E-state index in [2.05, 4.69) is 79.4 Å². The van der Waals surface area contributed by atoms with Gasteiger partial charge in [-0.25, -0.2) is 9.18 Å². The summed E-state index contributed by atoms with van der Waals surface area (Å²) in [5, 5.41) is 2.11. The lowest BCUT2D eigenvalue weighted by atomic mass is 9.71. The quantitative estimate of drug-likeness (QED) is 0.239. The summed E-state index contributed by atoms with van der Waals surface area (Å²) in [7, 11) is 1.40. The molecule has 37 heavy (non-hydrogen) atoms. The maximum absolute atomic E-state index is 13.4. The first-order chi connectivity index (χ1) is 17.9. The fraction of sp³-hybridized carbons (Fsp3) is 0.121. The number of anilines is 3. The minimum absolute atomic E-state index is 0.240. The van der Waals surface area contributed by atoms with Crippen LogP contribution in [0.3, 0.4) is 0 Å². The highest BCUT2D eigenvalue weighted by Gasteiger charge is 2.38. The number of benzene rings is 5. The molecule has 0 saturated heterocycles. The van der Waals surface area contributed by atoms with E-state index in [9.17, 15) is 9.18 Å². The zero-order valence-electron chi connectivity index (χ0n) is 21.0. The minimum Gasteiger partial charge on any atom is -0.465 e. The van der Waals surface area contributed by atoms with Gasteiger partial charge in [-0.3, -0.25) is 0 Å². The number of hydrogen-bond acceptors (Lipinski definition) is 3. The van der Waals surface area contributed by atoms with Crippen LogP contribution in [0.1, 0.15) is 35.3 Å². The summed E-state index contributed by atoms with van der Waals surface area (Å²) in [6.45, 7) is 4.51. The van der Waals surface area contributed by atoms with Gasteiger partial charge in [0.15, 0.2) is 0 Å². The summed E-state index contributed by atoms with van der Waals surface area (Å²) < 4.78 is 18.4. The Kier molecular flexibility index (Phi) is 5.34. The third-order valence-corrected chi connectivity index (χ3v) is 7.41. The van der Waals surface area contributed by atoms with Gasteiger partial charge in [-0.05, 0) is 81.6 Å². The molecule has 0 aliphatic carbocycles. The predicted octanol–water partition coefficient (Wildman–Crippen LogP) is 8.54. The largest absolute Gasteiger partial charge is 0.465 e. The van der Waals surface area contributed by atoms with Crippen molar-refractivity contribution in [3.05, 3.63) is 126 Å². The van der Waals surface area contributed by atoms with Gasteiger partial charge in [0.2, 0.25) is 0 Å². The lowest BCUT2D eigenvalue weighted by Gasteiger charge is -2.42. The van der Waals surface area contributed by atoms with Crippen molar-refractivity contribution >= 4 is 33.8 Å². The number of esters is 1.